The lowest BCUT2D eigenvalue weighted by Gasteiger charge is -2.20. The number of hydrogen-bond donors (Lipinski definition) is 0. The van der Waals surface area contributed by atoms with Crippen molar-refractivity contribution in [3.63, 3.8) is 0 Å². The molecule has 25 heavy (non-hydrogen) atoms. The lowest BCUT2D eigenvalue weighted by atomic mass is 10.1. The van der Waals surface area contributed by atoms with Gasteiger partial charge in [0.2, 0.25) is 0 Å². The molecule has 0 saturated heterocycles. The molecule has 0 aromatic heterocycles. The number of benzene rings is 2. The third kappa shape index (κ3) is 3.88. The summed E-state index contributed by atoms with van der Waals surface area (Å²) in [7, 11) is 4.71. The van der Waals surface area contributed by atoms with Gasteiger partial charge in [0.05, 0.1) is 19.1 Å². The van der Waals surface area contributed by atoms with Crippen LogP contribution in [0.25, 0.3) is 0 Å². The van der Waals surface area contributed by atoms with Crippen molar-refractivity contribution in [1.82, 2.24) is 4.90 Å². The minimum absolute atomic E-state index is 0.0711. The van der Waals surface area contributed by atoms with Crippen LogP contribution < -0.4 is 9.47 Å². The minimum atomic E-state index is -0.489. The Balaban J connectivity index is 2.27. The Bertz CT molecular complexity index is 804. The molecule has 0 aliphatic carbocycles. The Labute approximate surface area is 145 Å². The average molecular weight is 344 g/mol. The predicted molar refractivity (Wildman–Crippen MR) is 93.2 cm³/mol. The van der Waals surface area contributed by atoms with Crippen molar-refractivity contribution in [2.45, 2.75) is 13.5 Å². The number of aryl methyl sites for hydroxylation is 1. The molecule has 7 heteroatoms. The second-order valence-corrected chi connectivity index (χ2v) is 5.57. The van der Waals surface area contributed by atoms with Gasteiger partial charge in [-0.05, 0) is 19.1 Å². The van der Waals surface area contributed by atoms with E-state index in [1.54, 1.807) is 39.3 Å². The summed E-state index contributed by atoms with van der Waals surface area (Å²) in [6.45, 7) is 1.91. The fourth-order valence-electron chi connectivity index (χ4n) is 2.57. The molecular formula is C18H20N2O5. The summed E-state index contributed by atoms with van der Waals surface area (Å²) in [5.74, 6) is 0.819. The van der Waals surface area contributed by atoms with E-state index < -0.39 is 4.92 Å². The van der Waals surface area contributed by atoms with Crippen molar-refractivity contribution in [3.8, 4) is 11.5 Å². The van der Waals surface area contributed by atoms with Gasteiger partial charge in [0.15, 0.2) is 11.5 Å². The number of rotatable bonds is 6. The molecule has 0 unspecified atom stereocenters. The maximum atomic E-state index is 12.6. The molecule has 0 saturated carbocycles. The van der Waals surface area contributed by atoms with Gasteiger partial charge < -0.3 is 14.4 Å². The molecule has 0 N–H and O–H groups in total. The number of amides is 1. The first-order chi connectivity index (χ1) is 11.9. The Hall–Kier alpha value is -3.09. The van der Waals surface area contributed by atoms with E-state index in [-0.39, 0.29) is 23.7 Å². The number of methoxy groups -OCH3 is 2. The number of para-hydroxylation sites is 1. The van der Waals surface area contributed by atoms with Crippen LogP contribution in [0.5, 0.6) is 11.5 Å². The van der Waals surface area contributed by atoms with Crippen LogP contribution in [0.2, 0.25) is 0 Å². The van der Waals surface area contributed by atoms with E-state index >= 15 is 0 Å². The molecule has 0 heterocycles. The molecule has 0 spiro atoms. The Kier molecular flexibility index (Phi) is 5.59. The van der Waals surface area contributed by atoms with Crippen LogP contribution in [0.3, 0.4) is 0 Å². The van der Waals surface area contributed by atoms with Gasteiger partial charge in [0, 0.05) is 36.3 Å². The zero-order valence-electron chi connectivity index (χ0n) is 14.6. The third-order valence-corrected chi connectivity index (χ3v) is 3.89. The summed E-state index contributed by atoms with van der Waals surface area (Å²) in [6.07, 6.45) is 0. The fourth-order valence-corrected chi connectivity index (χ4v) is 2.57. The van der Waals surface area contributed by atoms with Crippen LogP contribution in [-0.4, -0.2) is 37.0 Å². The van der Waals surface area contributed by atoms with Crippen LogP contribution in [0.4, 0.5) is 5.69 Å². The van der Waals surface area contributed by atoms with Gasteiger partial charge in [0.25, 0.3) is 11.6 Å². The lowest BCUT2D eigenvalue weighted by molar-refractivity contribution is -0.385. The Morgan fingerprint density at radius 3 is 2.52 bits per heavy atom. The first kappa shape index (κ1) is 18.3. The standard InChI is InChI=1S/C18H20N2O5/c1-12-8-9-13(10-15(12)20(22)23)18(21)19(2)11-14-6-5-7-16(24-3)17(14)25-4/h5-10H,11H2,1-4H3. The van der Waals surface area contributed by atoms with Gasteiger partial charge in [-0.25, -0.2) is 0 Å². The molecule has 0 bridgehead atoms. The zero-order chi connectivity index (χ0) is 18.6. The van der Waals surface area contributed by atoms with Gasteiger partial charge >= 0.3 is 0 Å². The number of carbonyl (C=O) groups excluding carboxylic acids is 1. The lowest BCUT2D eigenvalue weighted by Crippen LogP contribution is -2.26. The van der Waals surface area contributed by atoms with Gasteiger partial charge in [-0.2, -0.15) is 0 Å². The highest BCUT2D eigenvalue weighted by Crippen LogP contribution is 2.31. The smallest absolute Gasteiger partial charge is 0.273 e. The van der Waals surface area contributed by atoms with Crippen molar-refractivity contribution < 1.29 is 19.2 Å². The van der Waals surface area contributed by atoms with Gasteiger partial charge in [-0.15, -0.1) is 0 Å². The highest BCUT2D eigenvalue weighted by Gasteiger charge is 2.19. The topological polar surface area (TPSA) is 81.9 Å². The van der Waals surface area contributed by atoms with E-state index in [2.05, 4.69) is 0 Å². The van der Waals surface area contributed by atoms with E-state index in [1.165, 1.54) is 18.1 Å². The Morgan fingerprint density at radius 1 is 1.20 bits per heavy atom. The number of ether oxygens (including phenoxy) is 2. The Morgan fingerprint density at radius 2 is 1.92 bits per heavy atom. The largest absolute Gasteiger partial charge is 0.493 e. The SMILES string of the molecule is COc1cccc(CN(C)C(=O)c2ccc(C)c([N+](=O)[O-])c2)c1OC. The van der Waals surface area contributed by atoms with E-state index in [4.69, 9.17) is 9.47 Å². The number of nitrogens with zero attached hydrogens (tertiary/aromatic N) is 2. The molecule has 1 amide bonds. The van der Waals surface area contributed by atoms with Crippen molar-refractivity contribution in [2.24, 2.45) is 0 Å². The molecule has 132 valence electrons. The highest BCUT2D eigenvalue weighted by atomic mass is 16.6. The molecule has 2 rings (SSSR count). The van der Waals surface area contributed by atoms with Crippen molar-refractivity contribution in [2.75, 3.05) is 21.3 Å². The van der Waals surface area contributed by atoms with Crippen molar-refractivity contribution in [3.05, 3.63) is 63.2 Å². The molecule has 0 atom stereocenters. The monoisotopic (exact) mass is 344 g/mol. The predicted octanol–water partition coefficient (Wildman–Crippen LogP) is 3.19. The van der Waals surface area contributed by atoms with E-state index in [0.29, 0.717) is 17.1 Å². The number of hydrogen-bond acceptors (Lipinski definition) is 5. The summed E-state index contributed by atoms with van der Waals surface area (Å²) < 4.78 is 10.6. The van der Waals surface area contributed by atoms with Crippen LogP contribution in [0, 0.1) is 17.0 Å². The number of nitro benzene ring substituents is 1. The molecule has 0 aliphatic heterocycles. The number of carbonyl (C=O) groups is 1. The molecular weight excluding hydrogens is 324 g/mol. The van der Waals surface area contributed by atoms with Gasteiger partial charge in [-0.1, -0.05) is 18.2 Å². The van der Waals surface area contributed by atoms with Crippen LogP contribution in [0.1, 0.15) is 21.5 Å². The molecule has 2 aromatic rings. The maximum Gasteiger partial charge on any atom is 0.273 e. The summed E-state index contributed by atoms with van der Waals surface area (Å²) in [4.78, 5) is 24.7. The third-order valence-electron chi connectivity index (χ3n) is 3.89. The summed E-state index contributed by atoms with van der Waals surface area (Å²) in [5, 5.41) is 11.1. The minimum Gasteiger partial charge on any atom is -0.493 e. The highest BCUT2D eigenvalue weighted by molar-refractivity contribution is 5.94. The first-order valence-electron chi connectivity index (χ1n) is 7.59. The number of nitro groups is 1. The molecule has 7 nitrogen and oxygen atoms in total. The average Bonchev–Trinajstić information content (AvgIpc) is 2.60. The second-order valence-electron chi connectivity index (χ2n) is 5.57. The summed E-state index contributed by atoms with van der Waals surface area (Å²) >= 11 is 0. The quantitative estimate of drug-likeness (QED) is 0.594. The molecule has 0 aliphatic rings. The zero-order valence-corrected chi connectivity index (χ0v) is 14.6. The molecule has 0 radical (unpaired) electrons. The van der Waals surface area contributed by atoms with E-state index in [0.717, 1.165) is 5.56 Å². The summed E-state index contributed by atoms with van der Waals surface area (Å²) in [5.41, 5.74) is 1.48. The first-order valence-corrected chi connectivity index (χ1v) is 7.59. The van der Waals surface area contributed by atoms with Crippen LogP contribution >= 0.6 is 0 Å². The van der Waals surface area contributed by atoms with Crippen LogP contribution in [0.15, 0.2) is 36.4 Å². The van der Waals surface area contributed by atoms with E-state index in [9.17, 15) is 14.9 Å². The fraction of sp³-hybridized carbons (Fsp3) is 0.278. The maximum absolute atomic E-state index is 12.6. The van der Waals surface area contributed by atoms with E-state index in [1.807, 2.05) is 12.1 Å². The van der Waals surface area contributed by atoms with Crippen molar-refractivity contribution in [1.29, 1.82) is 0 Å². The molecule has 0 fully saturated rings. The molecule has 2 aromatic carbocycles. The normalized spacial score (nSPS) is 10.2. The van der Waals surface area contributed by atoms with Gasteiger partial charge in [0.1, 0.15) is 0 Å². The van der Waals surface area contributed by atoms with Crippen LogP contribution in [-0.2, 0) is 6.54 Å². The summed E-state index contributed by atoms with van der Waals surface area (Å²) in [6, 6.07) is 9.88. The van der Waals surface area contributed by atoms with Crippen molar-refractivity contribution >= 4 is 11.6 Å². The second kappa shape index (κ2) is 7.65. The van der Waals surface area contributed by atoms with Gasteiger partial charge in [-0.3, -0.25) is 14.9 Å².